The van der Waals surface area contributed by atoms with Crippen molar-refractivity contribution >= 4 is 27.5 Å². The molecule has 2 nitrogen and oxygen atoms in total. The summed E-state index contributed by atoms with van der Waals surface area (Å²) in [6, 6.07) is 7.64. The van der Waals surface area contributed by atoms with Crippen LogP contribution in [0, 0.1) is 25.5 Å². The summed E-state index contributed by atoms with van der Waals surface area (Å²) in [4.78, 5) is 12.0. The van der Waals surface area contributed by atoms with Crippen LogP contribution in [-0.2, 0) is 0 Å². The molecule has 0 aliphatic heterocycles. The predicted octanol–water partition coefficient (Wildman–Crippen LogP) is 4.60. The number of anilines is 1. The number of carbonyl (C=O) groups is 1. The Labute approximate surface area is 123 Å². The molecule has 5 heteroatoms. The van der Waals surface area contributed by atoms with Gasteiger partial charge in [-0.15, -0.1) is 0 Å². The minimum Gasteiger partial charge on any atom is -0.321 e. The fourth-order valence-corrected chi connectivity index (χ4v) is 2.36. The highest BCUT2D eigenvalue weighted by Crippen LogP contribution is 2.25. The molecule has 0 heterocycles. The Hall–Kier alpha value is -1.75. The number of nitrogens with one attached hydrogen (secondary N) is 1. The number of benzene rings is 2. The average molecular weight is 340 g/mol. The molecule has 0 bridgehead atoms. The summed E-state index contributed by atoms with van der Waals surface area (Å²) in [6.45, 7) is 3.38. The molecule has 0 unspecified atom stereocenters. The first-order chi connectivity index (χ1) is 9.40. The van der Waals surface area contributed by atoms with Gasteiger partial charge in [0.25, 0.3) is 5.91 Å². The van der Waals surface area contributed by atoms with E-state index in [1.807, 2.05) is 6.92 Å². The van der Waals surface area contributed by atoms with Crippen molar-refractivity contribution in [1.82, 2.24) is 0 Å². The van der Waals surface area contributed by atoms with Gasteiger partial charge in [0.15, 0.2) is 0 Å². The van der Waals surface area contributed by atoms with Crippen molar-refractivity contribution in [2.45, 2.75) is 13.8 Å². The van der Waals surface area contributed by atoms with Crippen LogP contribution in [-0.4, -0.2) is 5.91 Å². The quantitative estimate of drug-likeness (QED) is 0.851. The molecule has 0 saturated heterocycles. The van der Waals surface area contributed by atoms with Crippen molar-refractivity contribution in [3.8, 4) is 0 Å². The largest absolute Gasteiger partial charge is 0.321 e. The molecule has 1 amide bonds. The zero-order valence-electron chi connectivity index (χ0n) is 10.9. The van der Waals surface area contributed by atoms with Gasteiger partial charge in [0.05, 0.1) is 5.69 Å². The molecule has 0 aliphatic carbocycles. The normalized spacial score (nSPS) is 10.4. The molecule has 0 spiro atoms. The molecule has 0 radical (unpaired) electrons. The molecule has 0 atom stereocenters. The van der Waals surface area contributed by atoms with E-state index in [1.54, 1.807) is 18.2 Å². The van der Waals surface area contributed by atoms with E-state index >= 15 is 0 Å². The third-order valence-electron chi connectivity index (χ3n) is 2.88. The van der Waals surface area contributed by atoms with E-state index < -0.39 is 23.1 Å². The van der Waals surface area contributed by atoms with Gasteiger partial charge in [0.1, 0.15) is 17.2 Å². The molecule has 0 aromatic heterocycles. The van der Waals surface area contributed by atoms with E-state index in [4.69, 9.17) is 0 Å². The summed E-state index contributed by atoms with van der Waals surface area (Å²) in [5, 5.41) is 2.50. The van der Waals surface area contributed by atoms with Crippen molar-refractivity contribution in [2.75, 3.05) is 5.32 Å². The second-order valence-electron chi connectivity index (χ2n) is 4.49. The maximum atomic E-state index is 13.9. The van der Waals surface area contributed by atoms with E-state index in [0.717, 1.165) is 11.6 Å². The number of hydrogen-bond donors (Lipinski definition) is 1. The smallest absolute Gasteiger partial charge is 0.261 e. The first-order valence-corrected chi connectivity index (χ1v) is 6.71. The number of halogens is 3. The number of carbonyl (C=O) groups excluding carboxylic acids is 1. The Morgan fingerprint density at radius 3 is 2.50 bits per heavy atom. The lowest BCUT2D eigenvalue weighted by molar-refractivity contribution is 0.101. The van der Waals surface area contributed by atoms with Gasteiger partial charge in [-0.1, -0.05) is 12.1 Å². The number of amides is 1. The standard InChI is InChI=1S/C15H12BrF2NO/c1-8-3-6-12(10(16)7-8)19-15(20)13-11(17)5-4-9(2)14(13)18/h3-7H,1-2H3,(H,19,20). The van der Waals surface area contributed by atoms with Crippen LogP contribution in [0.2, 0.25) is 0 Å². The van der Waals surface area contributed by atoms with Crippen LogP contribution in [0.1, 0.15) is 21.5 Å². The van der Waals surface area contributed by atoms with Gasteiger partial charge in [0.2, 0.25) is 0 Å². The Balaban J connectivity index is 2.36. The SMILES string of the molecule is Cc1ccc(NC(=O)c2c(F)ccc(C)c2F)c(Br)c1. The van der Waals surface area contributed by atoms with Crippen LogP contribution < -0.4 is 5.32 Å². The average Bonchev–Trinajstić information content (AvgIpc) is 2.38. The van der Waals surface area contributed by atoms with E-state index in [1.165, 1.54) is 13.0 Å². The summed E-state index contributed by atoms with van der Waals surface area (Å²) >= 11 is 3.30. The van der Waals surface area contributed by atoms with E-state index in [0.29, 0.717) is 10.2 Å². The lowest BCUT2D eigenvalue weighted by Gasteiger charge is -2.10. The number of aryl methyl sites for hydroxylation is 2. The second kappa shape index (κ2) is 5.71. The lowest BCUT2D eigenvalue weighted by atomic mass is 10.1. The molecule has 2 aromatic rings. The van der Waals surface area contributed by atoms with Crippen LogP contribution in [0.4, 0.5) is 14.5 Å². The molecule has 1 N–H and O–H groups in total. The molecule has 2 aromatic carbocycles. The first kappa shape index (κ1) is 14.7. The monoisotopic (exact) mass is 339 g/mol. The molecular weight excluding hydrogens is 328 g/mol. The van der Waals surface area contributed by atoms with Gasteiger partial charge in [0, 0.05) is 4.47 Å². The topological polar surface area (TPSA) is 29.1 Å². The van der Waals surface area contributed by atoms with E-state index in [9.17, 15) is 13.6 Å². The maximum Gasteiger partial charge on any atom is 0.261 e. The molecule has 104 valence electrons. The molecule has 2 rings (SSSR count). The van der Waals surface area contributed by atoms with Gasteiger partial charge in [-0.05, 0) is 59.1 Å². The highest BCUT2D eigenvalue weighted by molar-refractivity contribution is 9.10. The Kier molecular flexibility index (Phi) is 4.18. The van der Waals surface area contributed by atoms with Crippen LogP contribution in [0.25, 0.3) is 0 Å². The third kappa shape index (κ3) is 2.88. The van der Waals surface area contributed by atoms with Gasteiger partial charge in [-0.3, -0.25) is 4.79 Å². The van der Waals surface area contributed by atoms with Crippen molar-refractivity contribution in [2.24, 2.45) is 0 Å². The summed E-state index contributed by atoms with van der Waals surface area (Å²) < 4.78 is 28.2. The van der Waals surface area contributed by atoms with E-state index in [2.05, 4.69) is 21.2 Å². The molecule has 0 aliphatic rings. The second-order valence-corrected chi connectivity index (χ2v) is 5.35. The minimum absolute atomic E-state index is 0.222. The third-order valence-corrected chi connectivity index (χ3v) is 3.54. The summed E-state index contributed by atoms with van der Waals surface area (Å²) in [6.07, 6.45) is 0. The van der Waals surface area contributed by atoms with Crippen molar-refractivity contribution < 1.29 is 13.6 Å². The summed E-state index contributed by atoms with van der Waals surface area (Å²) in [5.74, 6) is -2.53. The van der Waals surface area contributed by atoms with Gasteiger partial charge < -0.3 is 5.32 Å². The van der Waals surface area contributed by atoms with Crippen molar-refractivity contribution in [3.05, 3.63) is 63.1 Å². The van der Waals surface area contributed by atoms with E-state index in [-0.39, 0.29) is 5.56 Å². The van der Waals surface area contributed by atoms with Crippen LogP contribution in [0.15, 0.2) is 34.8 Å². The van der Waals surface area contributed by atoms with Gasteiger partial charge in [-0.25, -0.2) is 8.78 Å². The Bertz CT molecular complexity index is 686. The molecule has 20 heavy (non-hydrogen) atoms. The fraction of sp³-hybridized carbons (Fsp3) is 0.133. The van der Waals surface area contributed by atoms with Crippen LogP contribution in [0.5, 0.6) is 0 Å². The van der Waals surface area contributed by atoms with Crippen molar-refractivity contribution in [1.29, 1.82) is 0 Å². The van der Waals surface area contributed by atoms with Crippen molar-refractivity contribution in [3.63, 3.8) is 0 Å². The zero-order chi connectivity index (χ0) is 14.9. The molecule has 0 saturated carbocycles. The minimum atomic E-state index is -0.881. The summed E-state index contributed by atoms with van der Waals surface area (Å²) in [5.41, 5.74) is 1.11. The molecule has 0 fully saturated rings. The van der Waals surface area contributed by atoms with Crippen LogP contribution >= 0.6 is 15.9 Å². The highest BCUT2D eigenvalue weighted by Gasteiger charge is 2.19. The lowest BCUT2D eigenvalue weighted by Crippen LogP contribution is -2.16. The number of hydrogen-bond acceptors (Lipinski definition) is 1. The van der Waals surface area contributed by atoms with Crippen LogP contribution in [0.3, 0.4) is 0 Å². The van der Waals surface area contributed by atoms with Gasteiger partial charge in [-0.2, -0.15) is 0 Å². The van der Waals surface area contributed by atoms with Gasteiger partial charge >= 0.3 is 0 Å². The molecular formula is C15H12BrF2NO. The Morgan fingerprint density at radius 1 is 1.15 bits per heavy atom. The predicted molar refractivity (Wildman–Crippen MR) is 77.9 cm³/mol. The fourth-order valence-electron chi connectivity index (χ4n) is 1.77. The summed E-state index contributed by atoms with van der Waals surface area (Å²) in [7, 11) is 0. The number of rotatable bonds is 2. The highest BCUT2D eigenvalue weighted by atomic mass is 79.9. The zero-order valence-corrected chi connectivity index (χ0v) is 12.5. The first-order valence-electron chi connectivity index (χ1n) is 5.92. The Morgan fingerprint density at radius 2 is 1.85 bits per heavy atom. The maximum absolute atomic E-state index is 13.9.